The highest BCUT2D eigenvalue weighted by molar-refractivity contribution is 4.77. The summed E-state index contributed by atoms with van der Waals surface area (Å²) in [5, 5.41) is 0. The second kappa shape index (κ2) is 3.33. The predicted octanol–water partition coefficient (Wildman–Crippen LogP) is 2.11. The van der Waals surface area contributed by atoms with Crippen molar-refractivity contribution >= 4 is 0 Å². The van der Waals surface area contributed by atoms with Crippen LogP contribution in [0, 0.1) is 5.92 Å². The highest BCUT2D eigenvalue weighted by Gasteiger charge is 2.20. The average Bonchev–Trinajstić information content (AvgIpc) is 1.60. The lowest BCUT2D eigenvalue weighted by atomic mass is 9.93. The Morgan fingerprint density at radius 2 is 1.80 bits per heavy atom. The minimum atomic E-state index is -0.764. The Labute approximate surface area is 62.8 Å². The Morgan fingerprint density at radius 1 is 1.40 bits per heavy atom. The standard InChI is InChI=1S/C8H18FN/c1-6(2)7(9)5-8(3,4)10/h6-7H,5,10H2,1-4H3. The van der Waals surface area contributed by atoms with Gasteiger partial charge in [0.2, 0.25) is 0 Å². The molecule has 0 heterocycles. The number of hydrogen-bond donors (Lipinski definition) is 1. The van der Waals surface area contributed by atoms with Gasteiger partial charge in [-0.3, -0.25) is 0 Å². The van der Waals surface area contributed by atoms with Gasteiger partial charge in [-0.05, 0) is 26.2 Å². The average molecular weight is 147 g/mol. The van der Waals surface area contributed by atoms with E-state index in [4.69, 9.17) is 5.73 Å². The highest BCUT2D eigenvalue weighted by atomic mass is 19.1. The number of halogens is 1. The third kappa shape index (κ3) is 4.74. The molecular formula is C8H18FN. The van der Waals surface area contributed by atoms with E-state index >= 15 is 0 Å². The molecule has 0 rings (SSSR count). The molecule has 0 saturated carbocycles. The molecule has 62 valence electrons. The van der Waals surface area contributed by atoms with Crippen LogP contribution < -0.4 is 5.73 Å². The molecule has 0 aromatic carbocycles. The second-order valence-electron chi connectivity index (χ2n) is 3.95. The van der Waals surface area contributed by atoms with Gasteiger partial charge >= 0.3 is 0 Å². The Balaban J connectivity index is 3.68. The van der Waals surface area contributed by atoms with Crippen molar-refractivity contribution in [3.05, 3.63) is 0 Å². The van der Waals surface area contributed by atoms with Gasteiger partial charge in [0.25, 0.3) is 0 Å². The van der Waals surface area contributed by atoms with E-state index in [-0.39, 0.29) is 11.5 Å². The summed E-state index contributed by atoms with van der Waals surface area (Å²) in [6.45, 7) is 7.44. The highest BCUT2D eigenvalue weighted by Crippen LogP contribution is 2.17. The molecule has 0 fully saturated rings. The van der Waals surface area contributed by atoms with Gasteiger partial charge in [-0.1, -0.05) is 13.8 Å². The maximum absolute atomic E-state index is 12.9. The Kier molecular flexibility index (Phi) is 3.29. The van der Waals surface area contributed by atoms with Gasteiger partial charge in [0.15, 0.2) is 0 Å². The lowest BCUT2D eigenvalue weighted by Crippen LogP contribution is -2.36. The molecule has 0 aromatic heterocycles. The molecule has 0 radical (unpaired) electrons. The van der Waals surface area contributed by atoms with Crippen molar-refractivity contribution in [1.82, 2.24) is 0 Å². The fourth-order valence-electron chi connectivity index (χ4n) is 0.738. The SMILES string of the molecule is CC(C)C(F)CC(C)(C)N. The maximum Gasteiger partial charge on any atom is 0.104 e. The molecule has 0 aliphatic rings. The summed E-state index contributed by atoms with van der Waals surface area (Å²) >= 11 is 0. The molecule has 1 unspecified atom stereocenters. The first-order chi connectivity index (χ1) is 4.33. The number of nitrogens with two attached hydrogens (primary N) is 1. The van der Waals surface area contributed by atoms with Crippen LogP contribution in [0.5, 0.6) is 0 Å². The van der Waals surface area contributed by atoms with Crippen LogP contribution >= 0.6 is 0 Å². The lowest BCUT2D eigenvalue weighted by Gasteiger charge is -2.22. The van der Waals surface area contributed by atoms with Crippen LogP contribution in [0.3, 0.4) is 0 Å². The minimum Gasteiger partial charge on any atom is -0.325 e. The largest absolute Gasteiger partial charge is 0.325 e. The summed E-state index contributed by atoms with van der Waals surface area (Å²) in [6.07, 6.45) is -0.315. The van der Waals surface area contributed by atoms with Crippen molar-refractivity contribution in [2.24, 2.45) is 11.7 Å². The molecule has 2 heteroatoms. The van der Waals surface area contributed by atoms with Crippen molar-refractivity contribution in [3.63, 3.8) is 0 Å². The van der Waals surface area contributed by atoms with Gasteiger partial charge in [-0.25, -0.2) is 4.39 Å². The number of alkyl halides is 1. The molecule has 0 amide bonds. The molecule has 0 aromatic rings. The van der Waals surface area contributed by atoms with Crippen molar-refractivity contribution < 1.29 is 4.39 Å². The van der Waals surface area contributed by atoms with Crippen molar-refractivity contribution in [2.45, 2.75) is 45.8 Å². The molecular weight excluding hydrogens is 129 g/mol. The molecule has 10 heavy (non-hydrogen) atoms. The zero-order chi connectivity index (χ0) is 8.36. The van der Waals surface area contributed by atoms with E-state index < -0.39 is 6.17 Å². The first kappa shape index (κ1) is 9.89. The molecule has 0 aliphatic carbocycles. The van der Waals surface area contributed by atoms with Crippen LogP contribution in [0.4, 0.5) is 4.39 Å². The smallest absolute Gasteiger partial charge is 0.104 e. The van der Waals surface area contributed by atoms with Crippen LogP contribution in [-0.4, -0.2) is 11.7 Å². The Morgan fingerprint density at radius 3 is 1.90 bits per heavy atom. The predicted molar refractivity (Wildman–Crippen MR) is 42.6 cm³/mol. The van der Waals surface area contributed by atoms with Gasteiger partial charge in [0.1, 0.15) is 6.17 Å². The van der Waals surface area contributed by atoms with Crippen LogP contribution in [0.1, 0.15) is 34.1 Å². The van der Waals surface area contributed by atoms with E-state index in [0.717, 1.165) is 0 Å². The summed E-state index contributed by atoms with van der Waals surface area (Å²) in [5.41, 5.74) is 5.26. The van der Waals surface area contributed by atoms with Crippen molar-refractivity contribution in [1.29, 1.82) is 0 Å². The topological polar surface area (TPSA) is 26.0 Å². The van der Waals surface area contributed by atoms with E-state index in [1.165, 1.54) is 0 Å². The molecule has 0 saturated heterocycles. The minimum absolute atomic E-state index is 0.0859. The summed E-state index contributed by atoms with van der Waals surface area (Å²) in [6, 6.07) is 0. The Hall–Kier alpha value is -0.110. The fraction of sp³-hybridized carbons (Fsp3) is 1.00. The van der Waals surface area contributed by atoms with E-state index in [1.54, 1.807) is 0 Å². The maximum atomic E-state index is 12.9. The van der Waals surface area contributed by atoms with E-state index in [1.807, 2.05) is 27.7 Å². The van der Waals surface area contributed by atoms with Crippen molar-refractivity contribution in [2.75, 3.05) is 0 Å². The number of rotatable bonds is 3. The van der Waals surface area contributed by atoms with E-state index in [2.05, 4.69) is 0 Å². The normalized spacial score (nSPS) is 15.9. The number of hydrogen-bond acceptors (Lipinski definition) is 1. The monoisotopic (exact) mass is 147 g/mol. The lowest BCUT2D eigenvalue weighted by molar-refractivity contribution is 0.203. The molecule has 0 spiro atoms. The van der Waals surface area contributed by atoms with Gasteiger partial charge in [-0.2, -0.15) is 0 Å². The van der Waals surface area contributed by atoms with Gasteiger partial charge in [0.05, 0.1) is 0 Å². The second-order valence-corrected chi connectivity index (χ2v) is 3.95. The summed E-state index contributed by atoms with van der Waals surface area (Å²) < 4.78 is 12.9. The van der Waals surface area contributed by atoms with Gasteiger partial charge in [0, 0.05) is 5.54 Å². The molecule has 2 N–H and O–H groups in total. The third-order valence-electron chi connectivity index (χ3n) is 1.44. The molecule has 1 nitrogen and oxygen atoms in total. The Bertz CT molecular complexity index is 93.9. The summed E-state index contributed by atoms with van der Waals surface area (Å²) in [4.78, 5) is 0. The molecule has 0 bridgehead atoms. The van der Waals surface area contributed by atoms with Gasteiger partial charge in [-0.15, -0.1) is 0 Å². The summed E-state index contributed by atoms with van der Waals surface area (Å²) in [7, 11) is 0. The zero-order valence-corrected chi connectivity index (χ0v) is 7.32. The molecule has 1 atom stereocenters. The van der Waals surface area contributed by atoms with E-state index in [9.17, 15) is 4.39 Å². The van der Waals surface area contributed by atoms with Crippen LogP contribution in [0.2, 0.25) is 0 Å². The van der Waals surface area contributed by atoms with Crippen LogP contribution in [-0.2, 0) is 0 Å². The quantitative estimate of drug-likeness (QED) is 0.650. The first-order valence-corrected chi connectivity index (χ1v) is 3.76. The summed E-state index contributed by atoms with van der Waals surface area (Å²) in [5.74, 6) is 0.0859. The van der Waals surface area contributed by atoms with Crippen LogP contribution in [0.15, 0.2) is 0 Å². The van der Waals surface area contributed by atoms with Gasteiger partial charge < -0.3 is 5.73 Å². The van der Waals surface area contributed by atoms with Crippen molar-refractivity contribution in [3.8, 4) is 0 Å². The fourth-order valence-corrected chi connectivity index (χ4v) is 0.738. The third-order valence-corrected chi connectivity index (χ3v) is 1.44. The van der Waals surface area contributed by atoms with Crippen LogP contribution in [0.25, 0.3) is 0 Å². The molecule has 0 aliphatic heterocycles. The van der Waals surface area contributed by atoms with E-state index in [0.29, 0.717) is 6.42 Å². The zero-order valence-electron chi connectivity index (χ0n) is 7.32. The first-order valence-electron chi connectivity index (χ1n) is 3.76.